The molecule has 7 nitrogen and oxygen atoms in total. The molecule has 0 saturated carbocycles. The standard InChI is InChI=1S/C27H30N4O3/c1-3-33-21-8-9-22-25(14-21)30-24(18-4-6-20(7-5-18)34-13-12-28-2)15-26(22)31-16-19-10-11-29-27(32)23(19)17-31/h4,6,8-9,14-15,19,23,28H,3,10-13,16-17H2,1-2H3,(H,29,32). The average molecular weight is 459 g/mol. The number of fused-ring (bicyclic) bond motifs is 2. The molecule has 3 aliphatic rings. The zero-order chi connectivity index (χ0) is 23.5. The molecular formula is C27H30N4O3. The highest BCUT2D eigenvalue weighted by molar-refractivity contribution is 5.95. The average Bonchev–Trinajstić information content (AvgIpc) is 3.30. The molecule has 2 aliphatic heterocycles. The number of carbonyl (C=O) groups excluding carboxylic acids is 1. The van der Waals surface area contributed by atoms with Crippen molar-refractivity contribution in [2.24, 2.45) is 11.8 Å². The van der Waals surface area contributed by atoms with Crippen LogP contribution >= 0.6 is 0 Å². The number of rotatable bonds is 8. The van der Waals surface area contributed by atoms with E-state index in [2.05, 4.69) is 39.1 Å². The van der Waals surface area contributed by atoms with Crippen LogP contribution in [0, 0.1) is 11.8 Å². The van der Waals surface area contributed by atoms with Gasteiger partial charge in [-0.25, -0.2) is 4.98 Å². The van der Waals surface area contributed by atoms with Gasteiger partial charge >= 0.3 is 0 Å². The molecule has 0 bridgehead atoms. The smallest absolute Gasteiger partial charge is 0.225 e. The highest BCUT2D eigenvalue weighted by Gasteiger charge is 2.40. The van der Waals surface area contributed by atoms with Crippen LogP contribution in [-0.4, -0.2) is 57.3 Å². The minimum absolute atomic E-state index is 0.0389. The highest BCUT2D eigenvalue weighted by atomic mass is 16.5. The monoisotopic (exact) mass is 458 g/mol. The highest BCUT2D eigenvalue weighted by Crippen LogP contribution is 2.38. The van der Waals surface area contributed by atoms with Gasteiger partial charge in [0.05, 0.1) is 29.3 Å². The van der Waals surface area contributed by atoms with Crippen LogP contribution in [0.2, 0.25) is 0 Å². The summed E-state index contributed by atoms with van der Waals surface area (Å²) < 4.78 is 11.4. The molecule has 0 radical (unpaired) electrons. The summed E-state index contributed by atoms with van der Waals surface area (Å²) in [6, 6.07) is 8.16. The fraction of sp³-hybridized carbons (Fsp3) is 0.407. The van der Waals surface area contributed by atoms with Gasteiger partial charge in [-0.15, -0.1) is 0 Å². The summed E-state index contributed by atoms with van der Waals surface area (Å²) in [5.74, 6) is 2.05. The summed E-state index contributed by atoms with van der Waals surface area (Å²) in [6.45, 7) is 6.27. The van der Waals surface area contributed by atoms with E-state index in [9.17, 15) is 4.79 Å². The number of nitrogens with zero attached hydrogens (tertiary/aromatic N) is 2. The molecule has 5 rings (SSSR count). The van der Waals surface area contributed by atoms with Crippen molar-refractivity contribution in [2.75, 3.05) is 51.3 Å². The van der Waals surface area contributed by atoms with Gasteiger partial charge in [0, 0.05) is 43.3 Å². The van der Waals surface area contributed by atoms with Gasteiger partial charge in [0.2, 0.25) is 5.91 Å². The zero-order valence-electron chi connectivity index (χ0n) is 19.7. The molecule has 1 aromatic heterocycles. The maximum absolute atomic E-state index is 12.5. The van der Waals surface area contributed by atoms with Gasteiger partial charge in [0.25, 0.3) is 0 Å². The van der Waals surface area contributed by atoms with Crippen LogP contribution in [0.5, 0.6) is 5.75 Å². The lowest BCUT2D eigenvalue weighted by atomic mass is 9.89. The van der Waals surface area contributed by atoms with Crippen molar-refractivity contribution in [3.8, 4) is 5.75 Å². The number of nitrogens with one attached hydrogen (secondary N) is 2. The quantitative estimate of drug-likeness (QED) is 0.468. The molecule has 2 unspecified atom stereocenters. The third kappa shape index (κ3) is 4.46. The lowest BCUT2D eigenvalue weighted by molar-refractivity contribution is -0.127. The second-order valence-corrected chi connectivity index (χ2v) is 8.80. The molecule has 2 fully saturated rings. The Hall–Kier alpha value is -3.50. The number of anilines is 1. The Balaban J connectivity index is 1.55. The minimum atomic E-state index is 0.0389. The maximum atomic E-state index is 12.5. The van der Waals surface area contributed by atoms with E-state index in [1.165, 1.54) is 0 Å². The van der Waals surface area contributed by atoms with Crippen LogP contribution < -0.4 is 20.3 Å². The Bertz CT molecular complexity index is 1240. The molecule has 2 aromatic rings. The number of allylic oxidation sites excluding steroid dienone is 3. The first-order valence-electron chi connectivity index (χ1n) is 12.0. The van der Waals surface area contributed by atoms with E-state index in [0.717, 1.165) is 66.2 Å². The Kier molecular flexibility index (Phi) is 6.41. The maximum Gasteiger partial charge on any atom is 0.225 e. The number of carbonyl (C=O) groups is 1. The van der Waals surface area contributed by atoms with Gasteiger partial charge < -0.3 is 25.0 Å². The first-order chi connectivity index (χ1) is 16.7. The van der Waals surface area contributed by atoms with E-state index in [4.69, 9.17) is 14.5 Å². The Labute approximate surface area is 199 Å². The lowest BCUT2D eigenvalue weighted by Crippen LogP contribution is -2.41. The number of amides is 1. The van der Waals surface area contributed by atoms with Crippen molar-refractivity contribution in [1.82, 2.24) is 15.6 Å². The lowest BCUT2D eigenvalue weighted by Gasteiger charge is -2.23. The first-order valence-corrected chi connectivity index (χ1v) is 12.0. The number of piperidine rings is 1. The van der Waals surface area contributed by atoms with Crippen LogP contribution in [0.4, 0.5) is 5.69 Å². The predicted molar refractivity (Wildman–Crippen MR) is 133 cm³/mol. The molecule has 1 aromatic carbocycles. The number of hydrogen-bond donors (Lipinski definition) is 2. The van der Waals surface area contributed by atoms with Gasteiger partial charge in [-0.1, -0.05) is 5.73 Å². The van der Waals surface area contributed by atoms with Crippen molar-refractivity contribution >= 4 is 28.1 Å². The fourth-order valence-electron chi connectivity index (χ4n) is 4.88. The number of aromatic nitrogens is 1. The van der Waals surface area contributed by atoms with Crippen molar-refractivity contribution in [1.29, 1.82) is 0 Å². The number of benzene rings is 1. The molecule has 1 aliphatic carbocycles. The van der Waals surface area contributed by atoms with Crippen LogP contribution in [0.25, 0.3) is 16.5 Å². The summed E-state index contributed by atoms with van der Waals surface area (Å²) in [7, 11) is 1.89. The van der Waals surface area contributed by atoms with Crippen molar-refractivity contribution < 1.29 is 14.3 Å². The van der Waals surface area contributed by atoms with Crippen LogP contribution in [-0.2, 0) is 9.53 Å². The summed E-state index contributed by atoms with van der Waals surface area (Å²) >= 11 is 0. The molecule has 2 N–H and O–H groups in total. The Morgan fingerprint density at radius 2 is 2.12 bits per heavy atom. The Morgan fingerprint density at radius 3 is 2.88 bits per heavy atom. The number of likely N-dealkylation sites (N-methyl/N-ethyl adjacent to an activating group) is 1. The molecule has 176 valence electrons. The van der Waals surface area contributed by atoms with E-state index < -0.39 is 0 Å². The Morgan fingerprint density at radius 1 is 1.21 bits per heavy atom. The molecule has 2 saturated heterocycles. The summed E-state index contributed by atoms with van der Waals surface area (Å²) in [5, 5.41) is 7.14. The summed E-state index contributed by atoms with van der Waals surface area (Å²) in [6.07, 6.45) is 4.89. The normalized spacial score (nSPS) is 21.2. The van der Waals surface area contributed by atoms with E-state index in [1.807, 2.05) is 38.3 Å². The molecule has 34 heavy (non-hydrogen) atoms. The van der Waals surface area contributed by atoms with Gasteiger partial charge in [0.15, 0.2) is 5.76 Å². The first kappa shape index (κ1) is 22.3. The largest absolute Gasteiger partial charge is 0.494 e. The predicted octanol–water partition coefficient (Wildman–Crippen LogP) is 3.03. The molecule has 1 amide bonds. The molecule has 3 heterocycles. The van der Waals surface area contributed by atoms with Crippen molar-refractivity contribution in [3.05, 3.63) is 59.3 Å². The van der Waals surface area contributed by atoms with E-state index in [0.29, 0.717) is 24.9 Å². The molecule has 7 heteroatoms. The second kappa shape index (κ2) is 9.78. The number of hydrogen-bond acceptors (Lipinski definition) is 6. The SMILES string of the molecule is CCOc1ccc2c(N3CC4CCNC(=O)C4C3)cc(C3=C=C=C(OCCNC)C=C3)nc2c1. The molecular weight excluding hydrogens is 428 g/mol. The van der Waals surface area contributed by atoms with E-state index >= 15 is 0 Å². The number of ether oxygens (including phenoxy) is 2. The van der Waals surface area contributed by atoms with Crippen LogP contribution in [0.1, 0.15) is 19.0 Å². The number of pyridine rings is 1. The van der Waals surface area contributed by atoms with Crippen LogP contribution in [0.3, 0.4) is 0 Å². The topological polar surface area (TPSA) is 75.7 Å². The third-order valence-electron chi connectivity index (χ3n) is 6.61. The van der Waals surface area contributed by atoms with E-state index in [-0.39, 0.29) is 11.8 Å². The van der Waals surface area contributed by atoms with Crippen molar-refractivity contribution in [2.45, 2.75) is 13.3 Å². The third-order valence-corrected chi connectivity index (χ3v) is 6.61. The van der Waals surface area contributed by atoms with Gasteiger partial charge in [0.1, 0.15) is 12.4 Å². The van der Waals surface area contributed by atoms with E-state index in [1.54, 1.807) is 0 Å². The summed E-state index contributed by atoms with van der Waals surface area (Å²) in [4.78, 5) is 19.7. The second-order valence-electron chi connectivity index (χ2n) is 8.80. The van der Waals surface area contributed by atoms with Crippen LogP contribution in [0.15, 0.2) is 53.6 Å². The molecule has 2 atom stereocenters. The van der Waals surface area contributed by atoms with Gasteiger partial charge in [-0.05, 0) is 62.4 Å². The van der Waals surface area contributed by atoms with Gasteiger partial charge in [-0.2, -0.15) is 0 Å². The summed E-state index contributed by atoms with van der Waals surface area (Å²) in [5.41, 5.74) is 9.93. The fourth-order valence-corrected chi connectivity index (χ4v) is 4.88. The minimum Gasteiger partial charge on any atom is -0.494 e. The zero-order valence-corrected chi connectivity index (χ0v) is 19.7. The molecule has 0 spiro atoms. The van der Waals surface area contributed by atoms with Gasteiger partial charge in [-0.3, -0.25) is 4.79 Å². The van der Waals surface area contributed by atoms with Crippen molar-refractivity contribution in [3.63, 3.8) is 0 Å².